The van der Waals surface area contributed by atoms with Gasteiger partial charge in [-0.1, -0.05) is 12.1 Å². The molecule has 0 N–H and O–H groups in total. The van der Waals surface area contributed by atoms with Gasteiger partial charge in [0.2, 0.25) is 5.89 Å². The molecule has 0 atom stereocenters. The Balaban J connectivity index is 2.49. The average molecular weight is 226 g/mol. The molecule has 0 saturated heterocycles. The van der Waals surface area contributed by atoms with Crippen molar-refractivity contribution < 1.29 is 8.81 Å². The summed E-state index contributed by atoms with van der Waals surface area (Å²) in [6.45, 7) is 1.70. The van der Waals surface area contributed by atoms with Crippen LogP contribution in [0.1, 0.15) is 11.5 Å². The van der Waals surface area contributed by atoms with Crippen LogP contribution >= 0.6 is 11.6 Å². The standard InChI is InChI=1S/C11H9ClFNO/c1-7-8(3-2-4-9(7)13)10-6-14-11(5-12)15-10/h2-4,6H,5H2,1H3. The lowest BCUT2D eigenvalue weighted by atomic mass is 10.1. The molecule has 0 saturated carbocycles. The van der Waals surface area contributed by atoms with Crippen molar-refractivity contribution in [1.29, 1.82) is 0 Å². The van der Waals surface area contributed by atoms with Crippen molar-refractivity contribution >= 4 is 11.6 Å². The highest BCUT2D eigenvalue weighted by Crippen LogP contribution is 2.25. The number of rotatable bonds is 2. The van der Waals surface area contributed by atoms with Crippen molar-refractivity contribution in [2.75, 3.05) is 0 Å². The average Bonchev–Trinajstić information content (AvgIpc) is 2.70. The van der Waals surface area contributed by atoms with E-state index < -0.39 is 0 Å². The summed E-state index contributed by atoms with van der Waals surface area (Å²) in [5.74, 6) is 0.947. The van der Waals surface area contributed by atoms with Gasteiger partial charge < -0.3 is 4.42 Å². The number of hydrogen-bond acceptors (Lipinski definition) is 2. The zero-order valence-corrected chi connectivity index (χ0v) is 8.88. The van der Waals surface area contributed by atoms with E-state index in [0.717, 1.165) is 0 Å². The Labute approximate surface area is 91.7 Å². The zero-order valence-electron chi connectivity index (χ0n) is 8.13. The molecule has 0 radical (unpaired) electrons. The molecule has 2 rings (SSSR count). The minimum Gasteiger partial charge on any atom is -0.439 e. The highest BCUT2D eigenvalue weighted by molar-refractivity contribution is 6.16. The van der Waals surface area contributed by atoms with Gasteiger partial charge in [0, 0.05) is 5.56 Å². The predicted molar refractivity (Wildman–Crippen MR) is 56.2 cm³/mol. The Morgan fingerprint density at radius 3 is 2.93 bits per heavy atom. The Morgan fingerprint density at radius 1 is 1.47 bits per heavy atom. The van der Waals surface area contributed by atoms with Crippen LogP contribution < -0.4 is 0 Å². The molecule has 1 aromatic carbocycles. The van der Waals surface area contributed by atoms with E-state index in [1.165, 1.54) is 6.07 Å². The van der Waals surface area contributed by atoms with Crippen LogP contribution in [-0.4, -0.2) is 4.98 Å². The van der Waals surface area contributed by atoms with Gasteiger partial charge in [-0.15, -0.1) is 11.6 Å². The van der Waals surface area contributed by atoms with E-state index in [9.17, 15) is 4.39 Å². The summed E-state index contributed by atoms with van der Waals surface area (Å²) in [4.78, 5) is 3.96. The van der Waals surface area contributed by atoms with Crippen LogP contribution in [0.4, 0.5) is 4.39 Å². The number of nitrogens with zero attached hydrogens (tertiary/aromatic N) is 1. The Bertz CT molecular complexity index is 481. The second-order valence-corrected chi connectivity index (χ2v) is 3.43. The van der Waals surface area contributed by atoms with E-state index in [0.29, 0.717) is 22.8 Å². The predicted octanol–water partition coefficient (Wildman–Crippen LogP) is 3.53. The lowest BCUT2D eigenvalue weighted by Crippen LogP contribution is -1.85. The van der Waals surface area contributed by atoms with Crippen molar-refractivity contribution in [2.45, 2.75) is 12.8 Å². The molecule has 0 aliphatic carbocycles. The first-order valence-corrected chi connectivity index (χ1v) is 5.02. The summed E-state index contributed by atoms with van der Waals surface area (Å²) in [6.07, 6.45) is 1.56. The van der Waals surface area contributed by atoms with E-state index in [1.54, 1.807) is 25.3 Å². The molecule has 78 valence electrons. The van der Waals surface area contributed by atoms with Gasteiger partial charge in [0.25, 0.3) is 0 Å². The summed E-state index contributed by atoms with van der Waals surface area (Å²) in [5, 5.41) is 0. The first-order valence-electron chi connectivity index (χ1n) is 4.48. The van der Waals surface area contributed by atoms with Gasteiger partial charge in [0.05, 0.1) is 12.1 Å². The molecular formula is C11H9ClFNO. The third kappa shape index (κ3) is 1.88. The lowest BCUT2D eigenvalue weighted by Gasteiger charge is -2.02. The van der Waals surface area contributed by atoms with Gasteiger partial charge in [0.1, 0.15) is 5.82 Å². The van der Waals surface area contributed by atoms with E-state index in [2.05, 4.69) is 4.98 Å². The summed E-state index contributed by atoms with van der Waals surface area (Å²) < 4.78 is 18.6. The van der Waals surface area contributed by atoms with Crippen LogP contribution in [0.2, 0.25) is 0 Å². The number of halogens is 2. The number of hydrogen-bond donors (Lipinski definition) is 0. The lowest BCUT2D eigenvalue weighted by molar-refractivity contribution is 0.527. The number of alkyl halides is 1. The van der Waals surface area contributed by atoms with Gasteiger partial charge in [-0.2, -0.15) is 0 Å². The maximum absolute atomic E-state index is 13.3. The van der Waals surface area contributed by atoms with E-state index in [4.69, 9.17) is 16.0 Å². The molecule has 4 heteroatoms. The van der Waals surface area contributed by atoms with Crippen molar-refractivity contribution in [3.8, 4) is 11.3 Å². The van der Waals surface area contributed by atoms with Crippen molar-refractivity contribution in [1.82, 2.24) is 4.98 Å². The number of oxazole rings is 1. The fraction of sp³-hybridized carbons (Fsp3) is 0.182. The summed E-state index contributed by atoms with van der Waals surface area (Å²) in [7, 11) is 0. The normalized spacial score (nSPS) is 10.6. The summed E-state index contributed by atoms with van der Waals surface area (Å²) in [5.41, 5.74) is 1.26. The van der Waals surface area contributed by atoms with Gasteiger partial charge in [-0.3, -0.25) is 0 Å². The quantitative estimate of drug-likeness (QED) is 0.731. The summed E-state index contributed by atoms with van der Waals surface area (Å²) in [6, 6.07) is 4.84. The highest BCUT2D eigenvalue weighted by Gasteiger charge is 2.10. The van der Waals surface area contributed by atoms with E-state index in [1.807, 2.05) is 0 Å². The minimum atomic E-state index is -0.253. The van der Waals surface area contributed by atoms with Gasteiger partial charge >= 0.3 is 0 Å². The SMILES string of the molecule is Cc1c(F)cccc1-c1cnc(CCl)o1. The zero-order chi connectivity index (χ0) is 10.8. The largest absolute Gasteiger partial charge is 0.439 e. The monoisotopic (exact) mass is 225 g/mol. The van der Waals surface area contributed by atoms with Crippen LogP contribution in [0.25, 0.3) is 11.3 Å². The molecule has 2 nitrogen and oxygen atoms in total. The fourth-order valence-electron chi connectivity index (χ4n) is 1.37. The maximum Gasteiger partial charge on any atom is 0.209 e. The number of aromatic nitrogens is 1. The van der Waals surface area contributed by atoms with Gasteiger partial charge in [0.15, 0.2) is 5.76 Å². The Morgan fingerprint density at radius 2 is 2.27 bits per heavy atom. The molecule has 0 unspecified atom stereocenters. The Hall–Kier alpha value is -1.35. The molecule has 0 aliphatic heterocycles. The van der Waals surface area contributed by atoms with Crippen LogP contribution in [0, 0.1) is 12.7 Å². The molecule has 0 bridgehead atoms. The number of benzene rings is 1. The molecule has 1 aromatic heterocycles. The molecule has 15 heavy (non-hydrogen) atoms. The third-order valence-electron chi connectivity index (χ3n) is 2.20. The topological polar surface area (TPSA) is 26.0 Å². The van der Waals surface area contributed by atoms with Crippen LogP contribution in [0.3, 0.4) is 0 Å². The van der Waals surface area contributed by atoms with Crippen LogP contribution in [0.15, 0.2) is 28.8 Å². The van der Waals surface area contributed by atoms with Crippen molar-refractivity contribution in [3.63, 3.8) is 0 Å². The third-order valence-corrected chi connectivity index (χ3v) is 2.43. The first kappa shape index (κ1) is 10.2. The van der Waals surface area contributed by atoms with Crippen molar-refractivity contribution in [3.05, 3.63) is 41.7 Å². The van der Waals surface area contributed by atoms with Gasteiger partial charge in [-0.25, -0.2) is 9.37 Å². The van der Waals surface area contributed by atoms with Crippen LogP contribution in [0.5, 0.6) is 0 Å². The van der Waals surface area contributed by atoms with E-state index >= 15 is 0 Å². The molecular weight excluding hydrogens is 217 g/mol. The fourth-order valence-corrected chi connectivity index (χ4v) is 1.49. The molecule has 0 amide bonds. The van der Waals surface area contributed by atoms with Crippen LogP contribution in [-0.2, 0) is 5.88 Å². The second kappa shape index (κ2) is 4.03. The minimum absolute atomic E-state index is 0.217. The molecule has 2 aromatic rings. The maximum atomic E-state index is 13.3. The first-order chi connectivity index (χ1) is 7.22. The molecule has 0 aliphatic rings. The summed E-state index contributed by atoms with van der Waals surface area (Å²) >= 11 is 5.57. The molecule has 0 fully saturated rings. The highest BCUT2D eigenvalue weighted by atomic mass is 35.5. The van der Waals surface area contributed by atoms with Crippen molar-refractivity contribution in [2.24, 2.45) is 0 Å². The van der Waals surface area contributed by atoms with Gasteiger partial charge in [-0.05, 0) is 18.6 Å². The smallest absolute Gasteiger partial charge is 0.209 e. The second-order valence-electron chi connectivity index (χ2n) is 3.16. The molecule has 0 spiro atoms. The molecule has 1 heterocycles. The Kier molecular flexibility index (Phi) is 2.73. The van der Waals surface area contributed by atoms with E-state index in [-0.39, 0.29) is 11.7 Å².